The monoisotopic (exact) mass is 340 g/mol. The van der Waals surface area contributed by atoms with Crippen molar-refractivity contribution in [2.75, 3.05) is 7.11 Å². The summed E-state index contributed by atoms with van der Waals surface area (Å²) in [7, 11) is 1.46. The number of benzene rings is 2. The Morgan fingerprint density at radius 2 is 1.96 bits per heavy atom. The first-order valence-electron chi connectivity index (χ1n) is 7.91. The summed E-state index contributed by atoms with van der Waals surface area (Å²) in [6, 6.07) is 12.5. The number of hydrogen-bond acceptors (Lipinski definition) is 4. The summed E-state index contributed by atoms with van der Waals surface area (Å²) in [5.74, 6) is 0.00808. The number of methoxy groups -OCH3 is 1. The van der Waals surface area contributed by atoms with E-state index in [1.807, 2.05) is 6.07 Å². The van der Waals surface area contributed by atoms with Gasteiger partial charge in [-0.3, -0.25) is 4.79 Å². The summed E-state index contributed by atoms with van der Waals surface area (Å²) in [4.78, 5) is 12.6. The van der Waals surface area contributed by atoms with Gasteiger partial charge in [0, 0.05) is 17.7 Å². The molecule has 128 valence electrons. The van der Waals surface area contributed by atoms with E-state index in [4.69, 9.17) is 14.7 Å². The Morgan fingerprint density at radius 3 is 2.56 bits per heavy atom. The third-order valence-corrected chi connectivity index (χ3v) is 3.87. The van der Waals surface area contributed by atoms with Crippen molar-refractivity contribution in [3.05, 3.63) is 59.4 Å². The van der Waals surface area contributed by atoms with Gasteiger partial charge in [0.1, 0.15) is 5.82 Å². The minimum atomic E-state index is -0.942. The molecule has 3 rings (SSSR count). The van der Waals surface area contributed by atoms with Gasteiger partial charge in [0.15, 0.2) is 11.5 Å². The Bertz CT molecular complexity index is 810. The lowest BCUT2D eigenvalue weighted by molar-refractivity contribution is -0.128. The molecule has 0 saturated heterocycles. The lowest BCUT2D eigenvalue weighted by atomic mass is 10.1. The zero-order valence-corrected chi connectivity index (χ0v) is 13.7. The molecule has 0 bridgehead atoms. The molecule has 0 radical (unpaired) electrons. The highest BCUT2D eigenvalue weighted by Crippen LogP contribution is 2.33. The Kier molecular flexibility index (Phi) is 4.85. The van der Waals surface area contributed by atoms with E-state index >= 15 is 0 Å². The molecule has 25 heavy (non-hydrogen) atoms. The molecule has 0 aromatic heterocycles. The van der Waals surface area contributed by atoms with Crippen molar-refractivity contribution in [1.82, 2.24) is 5.32 Å². The Balaban J connectivity index is 1.90. The minimum Gasteiger partial charge on any atom is -0.493 e. The summed E-state index contributed by atoms with van der Waals surface area (Å²) in [5.41, 5.74) is 0.955. The first-order valence-corrected chi connectivity index (χ1v) is 7.91. The number of nitrogens with one attached hydrogen (secondary N) is 1. The van der Waals surface area contributed by atoms with Crippen LogP contribution in [0.4, 0.5) is 4.39 Å². The zero-order chi connectivity index (χ0) is 17.8. The van der Waals surface area contributed by atoms with E-state index in [9.17, 15) is 9.18 Å². The molecule has 1 N–H and O–H groups in total. The number of carbonyl (C=O) groups is 1. The molecule has 2 aromatic rings. The molecule has 1 aliphatic rings. The molecule has 6 heteroatoms. The molecule has 1 aliphatic carbocycles. The standard InChI is InChI=1S/C19H17FN2O3/c1-24-17-10-12(11-21)2-9-16(17)25-18(19(23)22-15-7-8-15)13-3-5-14(20)6-4-13/h2-6,9-10,15,18H,7-8H2,1H3,(H,22,23)/t18-/m1/s1. The first kappa shape index (κ1) is 16.8. The van der Waals surface area contributed by atoms with Crippen molar-refractivity contribution in [2.45, 2.75) is 25.0 Å². The van der Waals surface area contributed by atoms with Crippen LogP contribution < -0.4 is 14.8 Å². The number of nitrogens with zero attached hydrogens (tertiary/aromatic N) is 1. The van der Waals surface area contributed by atoms with Gasteiger partial charge >= 0.3 is 0 Å². The van der Waals surface area contributed by atoms with Crippen LogP contribution in [-0.2, 0) is 4.79 Å². The van der Waals surface area contributed by atoms with Crippen LogP contribution in [0.3, 0.4) is 0 Å². The largest absolute Gasteiger partial charge is 0.493 e. The molecular formula is C19H17FN2O3. The highest BCUT2D eigenvalue weighted by Gasteiger charge is 2.30. The maximum Gasteiger partial charge on any atom is 0.266 e. The van der Waals surface area contributed by atoms with E-state index in [2.05, 4.69) is 5.32 Å². The predicted molar refractivity (Wildman–Crippen MR) is 88.6 cm³/mol. The van der Waals surface area contributed by atoms with Crippen molar-refractivity contribution in [3.63, 3.8) is 0 Å². The fraction of sp³-hybridized carbons (Fsp3) is 0.263. The summed E-state index contributed by atoms with van der Waals surface area (Å²) < 4.78 is 24.3. The maximum absolute atomic E-state index is 13.2. The topological polar surface area (TPSA) is 71.3 Å². The van der Waals surface area contributed by atoms with Crippen LogP contribution in [0.5, 0.6) is 11.5 Å². The van der Waals surface area contributed by atoms with Crippen LogP contribution in [0.1, 0.15) is 30.1 Å². The molecular weight excluding hydrogens is 323 g/mol. The van der Waals surface area contributed by atoms with E-state index in [0.717, 1.165) is 12.8 Å². The number of ether oxygens (including phenoxy) is 2. The van der Waals surface area contributed by atoms with Crippen molar-refractivity contribution in [3.8, 4) is 17.6 Å². The second kappa shape index (κ2) is 7.22. The van der Waals surface area contributed by atoms with Crippen molar-refractivity contribution in [1.29, 1.82) is 5.26 Å². The van der Waals surface area contributed by atoms with E-state index in [1.165, 1.54) is 37.4 Å². The smallest absolute Gasteiger partial charge is 0.266 e. The molecule has 5 nitrogen and oxygen atoms in total. The zero-order valence-electron chi connectivity index (χ0n) is 13.7. The third-order valence-electron chi connectivity index (χ3n) is 3.87. The van der Waals surface area contributed by atoms with Crippen LogP contribution >= 0.6 is 0 Å². The average Bonchev–Trinajstić information content (AvgIpc) is 3.44. The van der Waals surface area contributed by atoms with E-state index < -0.39 is 6.10 Å². The summed E-state index contributed by atoms with van der Waals surface area (Å²) in [5, 5.41) is 11.9. The van der Waals surface area contributed by atoms with Gasteiger partial charge in [0.2, 0.25) is 6.10 Å². The van der Waals surface area contributed by atoms with Gasteiger partial charge in [0.25, 0.3) is 5.91 Å². The summed E-state index contributed by atoms with van der Waals surface area (Å²) in [6.45, 7) is 0. The lowest BCUT2D eigenvalue weighted by Crippen LogP contribution is -2.34. The molecule has 1 saturated carbocycles. The average molecular weight is 340 g/mol. The molecule has 2 aromatic carbocycles. The van der Waals surface area contributed by atoms with Gasteiger partial charge in [-0.25, -0.2) is 4.39 Å². The molecule has 1 amide bonds. The summed E-state index contributed by atoms with van der Waals surface area (Å²) >= 11 is 0. The molecule has 1 atom stereocenters. The van der Waals surface area contributed by atoms with E-state index in [0.29, 0.717) is 22.6 Å². The predicted octanol–water partition coefficient (Wildman–Crippen LogP) is 3.10. The lowest BCUT2D eigenvalue weighted by Gasteiger charge is -2.20. The number of rotatable bonds is 6. The number of amides is 1. The molecule has 0 aliphatic heterocycles. The third kappa shape index (κ3) is 4.07. The molecule has 0 spiro atoms. The maximum atomic E-state index is 13.2. The minimum absolute atomic E-state index is 0.168. The molecule has 0 heterocycles. The highest BCUT2D eigenvalue weighted by atomic mass is 19.1. The van der Waals surface area contributed by atoms with E-state index in [1.54, 1.807) is 12.1 Å². The van der Waals surface area contributed by atoms with Gasteiger partial charge in [-0.1, -0.05) is 12.1 Å². The second-order valence-corrected chi connectivity index (χ2v) is 5.81. The SMILES string of the molecule is COc1cc(C#N)ccc1O[C@@H](C(=O)NC1CC1)c1ccc(F)cc1. The fourth-order valence-electron chi connectivity index (χ4n) is 2.38. The quantitative estimate of drug-likeness (QED) is 0.877. The number of carbonyl (C=O) groups excluding carboxylic acids is 1. The van der Waals surface area contributed by atoms with Crippen LogP contribution in [0.2, 0.25) is 0 Å². The molecule has 1 fully saturated rings. The van der Waals surface area contributed by atoms with Gasteiger partial charge in [-0.2, -0.15) is 5.26 Å². The number of nitriles is 1. The highest BCUT2D eigenvalue weighted by molar-refractivity contribution is 5.83. The van der Waals surface area contributed by atoms with Crippen molar-refractivity contribution >= 4 is 5.91 Å². The van der Waals surface area contributed by atoms with Crippen molar-refractivity contribution < 1.29 is 18.7 Å². The first-order chi connectivity index (χ1) is 12.1. The fourth-order valence-corrected chi connectivity index (χ4v) is 2.38. The van der Waals surface area contributed by atoms with E-state index in [-0.39, 0.29) is 17.8 Å². The van der Waals surface area contributed by atoms with Crippen LogP contribution in [0.15, 0.2) is 42.5 Å². The van der Waals surface area contributed by atoms with Gasteiger partial charge in [-0.15, -0.1) is 0 Å². The van der Waals surface area contributed by atoms with Crippen LogP contribution in [-0.4, -0.2) is 19.1 Å². The summed E-state index contributed by atoms with van der Waals surface area (Å²) in [6.07, 6.45) is 0.951. The van der Waals surface area contributed by atoms with Crippen LogP contribution in [0, 0.1) is 17.1 Å². The molecule has 0 unspecified atom stereocenters. The second-order valence-electron chi connectivity index (χ2n) is 5.81. The Hall–Kier alpha value is -3.07. The van der Waals surface area contributed by atoms with Crippen molar-refractivity contribution in [2.24, 2.45) is 0 Å². The number of hydrogen-bond donors (Lipinski definition) is 1. The Labute approximate surface area is 145 Å². The van der Waals surface area contributed by atoms with Gasteiger partial charge in [-0.05, 0) is 37.1 Å². The normalized spacial score (nSPS) is 14.3. The Morgan fingerprint density at radius 1 is 1.24 bits per heavy atom. The number of halogens is 1. The van der Waals surface area contributed by atoms with Gasteiger partial charge < -0.3 is 14.8 Å². The van der Waals surface area contributed by atoms with Gasteiger partial charge in [0.05, 0.1) is 18.7 Å². The van der Waals surface area contributed by atoms with Crippen LogP contribution in [0.25, 0.3) is 0 Å².